The first-order chi connectivity index (χ1) is 8.04. The molecule has 0 aliphatic heterocycles. The Kier molecular flexibility index (Phi) is 3.49. The number of benzene rings is 1. The molecule has 0 amide bonds. The van der Waals surface area contributed by atoms with Gasteiger partial charge in [-0.3, -0.25) is 0 Å². The summed E-state index contributed by atoms with van der Waals surface area (Å²) in [5, 5.41) is 0.503. The minimum atomic E-state index is 0.360. The van der Waals surface area contributed by atoms with Crippen molar-refractivity contribution >= 4 is 33.3 Å². The van der Waals surface area contributed by atoms with Gasteiger partial charge in [-0.2, -0.15) is 4.98 Å². The van der Waals surface area contributed by atoms with Crippen LogP contribution in [-0.4, -0.2) is 9.97 Å². The Bertz CT molecular complexity index is 542. The van der Waals surface area contributed by atoms with Crippen LogP contribution in [0.3, 0.4) is 0 Å². The minimum Gasteiger partial charge on any atom is -0.437 e. The average Bonchev–Trinajstić information content (AvgIpc) is 2.22. The van der Waals surface area contributed by atoms with Gasteiger partial charge in [0.2, 0.25) is 5.88 Å². The molecule has 0 unspecified atom stereocenters. The highest BCUT2D eigenvalue weighted by Crippen LogP contribution is 2.31. The lowest BCUT2D eigenvalue weighted by molar-refractivity contribution is 0.460. The first-order valence-electron chi connectivity index (χ1n) is 4.78. The number of halogens is 2. The Morgan fingerprint density at radius 3 is 2.76 bits per heavy atom. The van der Waals surface area contributed by atoms with Gasteiger partial charge in [0.05, 0.1) is 5.02 Å². The summed E-state index contributed by atoms with van der Waals surface area (Å²) in [6.45, 7) is 1.74. The lowest BCUT2D eigenvalue weighted by Crippen LogP contribution is -1.98. The zero-order valence-corrected chi connectivity index (χ0v) is 11.3. The fourth-order valence-corrected chi connectivity index (χ4v) is 1.78. The second-order valence-corrected chi connectivity index (χ2v) is 4.68. The van der Waals surface area contributed by atoms with E-state index in [1.165, 1.54) is 0 Å². The van der Waals surface area contributed by atoms with Gasteiger partial charge < -0.3 is 10.5 Å². The Balaban J connectivity index is 2.34. The molecule has 1 aromatic carbocycles. The number of nitrogens with zero attached hydrogens (tertiary/aromatic N) is 2. The lowest BCUT2D eigenvalue weighted by Gasteiger charge is -2.08. The van der Waals surface area contributed by atoms with Crippen molar-refractivity contribution in [2.45, 2.75) is 6.92 Å². The molecule has 1 heterocycles. The van der Waals surface area contributed by atoms with Gasteiger partial charge in [-0.25, -0.2) is 4.98 Å². The van der Waals surface area contributed by atoms with E-state index < -0.39 is 0 Å². The number of hydrogen-bond acceptors (Lipinski definition) is 4. The molecule has 0 radical (unpaired) electrons. The van der Waals surface area contributed by atoms with Gasteiger partial charge in [0, 0.05) is 10.5 Å². The van der Waals surface area contributed by atoms with Crippen LogP contribution in [-0.2, 0) is 0 Å². The van der Waals surface area contributed by atoms with Gasteiger partial charge in [-0.1, -0.05) is 27.5 Å². The molecule has 1 aromatic heterocycles. The van der Waals surface area contributed by atoms with Gasteiger partial charge in [-0.05, 0) is 25.1 Å². The van der Waals surface area contributed by atoms with E-state index in [0.29, 0.717) is 28.3 Å². The first kappa shape index (κ1) is 12.1. The van der Waals surface area contributed by atoms with E-state index in [1.807, 2.05) is 6.07 Å². The molecule has 0 saturated heterocycles. The number of ether oxygens (including phenoxy) is 1. The van der Waals surface area contributed by atoms with Crippen LogP contribution < -0.4 is 10.5 Å². The number of aryl methyl sites for hydroxylation is 1. The molecular weight excluding hydrogens is 305 g/mol. The second kappa shape index (κ2) is 4.89. The van der Waals surface area contributed by atoms with Crippen LogP contribution in [0.2, 0.25) is 5.02 Å². The number of nitrogen functional groups attached to an aromatic ring is 1. The Hall–Kier alpha value is -1.33. The normalized spacial score (nSPS) is 10.3. The molecule has 88 valence electrons. The summed E-state index contributed by atoms with van der Waals surface area (Å²) in [4.78, 5) is 8.07. The van der Waals surface area contributed by atoms with Crippen molar-refractivity contribution in [2.75, 3.05) is 5.73 Å². The van der Waals surface area contributed by atoms with Gasteiger partial charge in [0.1, 0.15) is 17.4 Å². The number of nitrogens with two attached hydrogens (primary N) is 1. The molecule has 0 spiro atoms. The van der Waals surface area contributed by atoms with E-state index in [0.717, 1.165) is 4.47 Å². The van der Waals surface area contributed by atoms with Crippen molar-refractivity contribution in [1.82, 2.24) is 9.97 Å². The quantitative estimate of drug-likeness (QED) is 0.920. The monoisotopic (exact) mass is 313 g/mol. The Labute approximate surface area is 112 Å². The summed E-state index contributed by atoms with van der Waals surface area (Å²) in [5.41, 5.74) is 5.61. The lowest BCUT2D eigenvalue weighted by atomic mass is 10.3. The van der Waals surface area contributed by atoms with Crippen LogP contribution in [0.5, 0.6) is 11.6 Å². The zero-order valence-electron chi connectivity index (χ0n) is 8.95. The zero-order chi connectivity index (χ0) is 12.4. The molecule has 0 fully saturated rings. The molecule has 0 aliphatic rings. The highest BCUT2D eigenvalue weighted by atomic mass is 79.9. The minimum absolute atomic E-state index is 0.360. The van der Waals surface area contributed by atoms with Crippen LogP contribution >= 0.6 is 27.5 Å². The maximum atomic E-state index is 6.01. The van der Waals surface area contributed by atoms with E-state index >= 15 is 0 Å². The second-order valence-electron chi connectivity index (χ2n) is 3.36. The topological polar surface area (TPSA) is 61.0 Å². The van der Waals surface area contributed by atoms with E-state index in [9.17, 15) is 0 Å². The fraction of sp³-hybridized carbons (Fsp3) is 0.0909. The van der Waals surface area contributed by atoms with Crippen LogP contribution in [0, 0.1) is 6.92 Å². The number of rotatable bonds is 2. The molecule has 0 aliphatic carbocycles. The number of hydrogen-bond donors (Lipinski definition) is 1. The average molecular weight is 315 g/mol. The largest absolute Gasteiger partial charge is 0.437 e. The van der Waals surface area contributed by atoms with E-state index in [4.69, 9.17) is 22.1 Å². The third kappa shape index (κ3) is 3.08. The molecule has 2 aromatic rings. The summed E-state index contributed by atoms with van der Waals surface area (Å²) >= 11 is 9.35. The summed E-state index contributed by atoms with van der Waals surface area (Å²) < 4.78 is 6.43. The van der Waals surface area contributed by atoms with Crippen LogP contribution in [0.1, 0.15) is 5.82 Å². The van der Waals surface area contributed by atoms with Crippen molar-refractivity contribution < 1.29 is 4.74 Å². The van der Waals surface area contributed by atoms with E-state index in [-0.39, 0.29) is 0 Å². The predicted octanol–water partition coefficient (Wildman–Crippen LogP) is 3.58. The molecule has 2 N–H and O–H groups in total. The van der Waals surface area contributed by atoms with Crippen LogP contribution in [0.4, 0.5) is 5.82 Å². The molecule has 0 bridgehead atoms. The maximum Gasteiger partial charge on any atom is 0.224 e. The highest BCUT2D eigenvalue weighted by Gasteiger charge is 2.06. The van der Waals surface area contributed by atoms with Crippen molar-refractivity contribution in [3.05, 3.63) is 39.6 Å². The summed E-state index contributed by atoms with van der Waals surface area (Å²) in [6, 6.07) is 6.87. The molecule has 4 nitrogen and oxygen atoms in total. The summed E-state index contributed by atoms with van der Waals surface area (Å²) in [6.07, 6.45) is 0. The highest BCUT2D eigenvalue weighted by molar-refractivity contribution is 9.10. The van der Waals surface area contributed by atoms with Crippen molar-refractivity contribution in [3.63, 3.8) is 0 Å². The SMILES string of the molecule is Cc1nc(N)cc(Oc2cc(Br)ccc2Cl)n1. The standard InChI is InChI=1S/C11H9BrClN3O/c1-6-15-10(14)5-11(16-6)17-9-4-7(12)2-3-8(9)13/h2-5H,1H3,(H2,14,15,16). The van der Waals surface area contributed by atoms with E-state index in [1.54, 1.807) is 25.1 Å². The molecule has 2 rings (SSSR count). The van der Waals surface area contributed by atoms with Gasteiger partial charge in [-0.15, -0.1) is 0 Å². The van der Waals surface area contributed by atoms with Gasteiger partial charge in [0.15, 0.2) is 0 Å². The molecular formula is C11H9BrClN3O. The van der Waals surface area contributed by atoms with Gasteiger partial charge in [0.25, 0.3) is 0 Å². The maximum absolute atomic E-state index is 6.01. The van der Waals surface area contributed by atoms with Crippen molar-refractivity contribution in [1.29, 1.82) is 0 Å². The summed E-state index contributed by atoms with van der Waals surface area (Å²) in [5.74, 6) is 1.79. The smallest absolute Gasteiger partial charge is 0.224 e. The third-order valence-corrected chi connectivity index (χ3v) is 2.75. The first-order valence-corrected chi connectivity index (χ1v) is 5.96. The van der Waals surface area contributed by atoms with E-state index in [2.05, 4.69) is 25.9 Å². The fourth-order valence-electron chi connectivity index (χ4n) is 1.28. The van der Waals surface area contributed by atoms with Crippen LogP contribution in [0.15, 0.2) is 28.7 Å². The number of aromatic nitrogens is 2. The summed E-state index contributed by atoms with van der Waals surface area (Å²) in [7, 11) is 0. The third-order valence-electron chi connectivity index (χ3n) is 1.94. The van der Waals surface area contributed by atoms with Gasteiger partial charge >= 0.3 is 0 Å². The number of anilines is 1. The van der Waals surface area contributed by atoms with Crippen LogP contribution in [0.25, 0.3) is 0 Å². The molecule has 17 heavy (non-hydrogen) atoms. The molecule has 6 heteroatoms. The molecule has 0 saturated carbocycles. The van der Waals surface area contributed by atoms with Crippen molar-refractivity contribution in [3.8, 4) is 11.6 Å². The molecule has 0 atom stereocenters. The Morgan fingerprint density at radius 2 is 2.06 bits per heavy atom. The Morgan fingerprint density at radius 1 is 1.29 bits per heavy atom. The van der Waals surface area contributed by atoms with Crippen molar-refractivity contribution in [2.24, 2.45) is 0 Å². The predicted molar refractivity (Wildman–Crippen MR) is 70.4 cm³/mol.